The first kappa shape index (κ1) is 10.3. The molecular formula is C9H19N3O. The highest BCUT2D eigenvalue weighted by Crippen LogP contribution is 2.29. The Morgan fingerprint density at radius 3 is 2.62 bits per heavy atom. The summed E-state index contributed by atoms with van der Waals surface area (Å²) in [5.74, 6) is 0.301. The molecule has 4 nitrogen and oxygen atoms in total. The molecule has 0 saturated carbocycles. The van der Waals surface area contributed by atoms with Crippen molar-refractivity contribution in [3.8, 4) is 0 Å². The quantitative estimate of drug-likeness (QED) is 0.292. The summed E-state index contributed by atoms with van der Waals surface area (Å²) in [4.78, 5) is 2.28. The Labute approximate surface area is 79.4 Å². The lowest BCUT2D eigenvalue weighted by atomic mass is 10.0. The predicted octanol–water partition coefficient (Wildman–Crippen LogP) is 0.996. The van der Waals surface area contributed by atoms with Gasteiger partial charge < -0.3 is 10.9 Å². The normalized spacial score (nSPS) is 26.2. The standard InChI is InChI=1S/C9H19N3O/c1-7(8(10)11-13)12-6-4-5-9(12,2)3/h7,13H,4-6H2,1-3H3,(H2,10,11). The van der Waals surface area contributed by atoms with Crippen LogP contribution in [0.5, 0.6) is 0 Å². The second kappa shape index (κ2) is 3.54. The van der Waals surface area contributed by atoms with Gasteiger partial charge in [-0.05, 0) is 40.2 Å². The van der Waals surface area contributed by atoms with E-state index in [0.717, 1.165) is 6.54 Å². The highest BCUT2D eigenvalue weighted by molar-refractivity contribution is 5.84. The van der Waals surface area contributed by atoms with Gasteiger partial charge in [-0.25, -0.2) is 0 Å². The van der Waals surface area contributed by atoms with Crippen molar-refractivity contribution in [3.05, 3.63) is 0 Å². The first-order valence-electron chi connectivity index (χ1n) is 4.73. The van der Waals surface area contributed by atoms with Gasteiger partial charge in [-0.2, -0.15) is 0 Å². The fraction of sp³-hybridized carbons (Fsp3) is 0.889. The zero-order valence-electron chi connectivity index (χ0n) is 8.62. The highest BCUT2D eigenvalue weighted by atomic mass is 16.4. The third kappa shape index (κ3) is 1.94. The molecule has 1 unspecified atom stereocenters. The number of hydrogen-bond donors (Lipinski definition) is 2. The molecule has 0 spiro atoms. The lowest BCUT2D eigenvalue weighted by Gasteiger charge is -2.35. The van der Waals surface area contributed by atoms with Crippen molar-refractivity contribution in [2.45, 2.75) is 45.2 Å². The smallest absolute Gasteiger partial charge is 0.156 e. The van der Waals surface area contributed by atoms with Crippen LogP contribution in [0.3, 0.4) is 0 Å². The third-order valence-electron chi connectivity index (χ3n) is 2.98. The molecule has 1 fully saturated rings. The first-order valence-corrected chi connectivity index (χ1v) is 4.73. The summed E-state index contributed by atoms with van der Waals surface area (Å²) < 4.78 is 0. The molecule has 76 valence electrons. The van der Waals surface area contributed by atoms with Crippen molar-refractivity contribution in [2.24, 2.45) is 10.9 Å². The number of nitrogens with zero attached hydrogens (tertiary/aromatic N) is 2. The van der Waals surface area contributed by atoms with Crippen molar-refractivity contribution in [1.82, 2.24) is 4.90 Å². The summed E-state index contributed by atoms with van der Waals surface area (Å²) in [7, 11) is 0. The van der Waals surface area contributed by atoms with Gasteiger partial charge in [0.15, 0.2) is 5.84 Å². The van der Waals surface area contributed by atoms with Crippen LogP contribution in [-0.4, -0.2) is 34.1 Å². The minimum Gasteiger partial charge on any atom is -0.409 e. The fourth-order valence-electron chi connectivity index (χ4n) is 2.09. The van der Waals surface area contributed by atoms with Crippen LogP contribution in [0.4, 0.5) is 0 Å². The third-order valence-corrected chi connectivity index (χ3v) is 2.98. The average Bonchev–Trinajstić information content (AvgIpc) is 2.42. The molecule has 1 heterocycles. The van der Waals surface area contributed by atoms with Crippen LogP contribution in [0.15, 0.2) is 5.16 Å². The second-order valence-electron chi connectivity index (χ2n) is 4.31. The molecule has 3 N–H and O–H groups in total. The summed E-state index contributed by atoms with van der Waals surface area (Å²) in [5, 5.41) is 11.6. The van der Waals surface area contributed by atoms with Gasteiger partial charge in [-0.15, -0.1) is 0 Å². The van der Waals surface area contributed by atoms with E-state index < -0.39 is 0 Å². The van der Waals surface area contributed by atoms with E-state index in [0.29, 0.717) is 5.84 Å². The summed E-state index contributed by atoms with van der Waals surface area (Å²) in [6, 6.07) is 0.0301. The summed E-state index contributed by atoms with van der Waals surface area (Å²) in [6.45, 7) is 7.40. The van der Waals surface area contributed by atoms with Crippen LogP contribution in [0.25, 0.3) is 0 Å². The summed E-state index contributed by atoms with van der Waals surface area (Å²) >= 11 is 0. The van der Waals surface area contributed by atoms with Crippen molar-refractivity contribution in [1.29, 1.82) is 0 Å². The van der Waals surface area contributed by atoms with Gasteiger partial charge in [0.2, 0.25) is 0 Å². The largest absolute Gasteiger partial charge is 0.409 e. The van der Waals surface area contributed by atoms with E-state index in [1.54, 1.807) is 0 Å². The lowest BCUT2D eigenvalue weighted by Crippen LogP contribution is -2.49. The van der Waals surface area contributed by atoms with Crippen molar-refractivity contribution < 1.29 is 5.21 Å². The molecule has 1 aliphatic rings. The number of rotatable bonds is 2. The van der Waals surface area contributed by atoms with Gasteiger partial charge in [0.25, 0.3) is 0 Å². The molecule has 0 aromatic heterocycles. The summed E-state index contributed by atoms with van der Waals surface area (Å²) in [5.41, 5.74) is 5.75. The first-order chi connectivity index (χ1) is 5.99. The minimum atomic E-state index is 0.0301. The predicted molar refractivity (Wildman–Crippen MR) is 52.9 cm³/mol. The maximum Gasteiger partial charge on any atom is 0.156 e. The van der Waals surface area contributed by atoms with Crippen LogP contribution < -0.4 is 5.73 Å². The molecule has 0 amide bonds. The van der Waals surface area contributed by atoms with Gasteiger partial charge in [-0.3, -0.25) is 4.90 Å². The molecule has 0 radical (unpaired) electrons. The Kier molecular flexibility index (Phi) is 2.81. The van der Waals surface area contributed by atoms with Gasteiger partial charge in [-0.1, -0.05) is 5.16 Å². The van der Waals surface area contributed by atoms with Gasteiger partial charge in [0.1, 0.15) is 0 Å². The minimum absolute atomic E-state index is 0.0301. The van der Waals surface area contributed by atoms with E-state index in [1.165, 1.54) is 12.8 Å². The van der Waals surface area contributed by atoms with Crippen LogP contribution >= 0.6 is 0 Å². The zero-order valence-corrected chi connectivity index (χ0v) is 8.62. The Morgan fingerprint density at radius 1 is 1.62 bits per heavy atom. The number of oxime groups is 1. The monoisotopic (exact) mass is 185 g/mol. The van der Waals surface area contributed by atoms with E-state index in [1.807, 2.05) is 6.92 Å². The topological polar surface area (TPSA) is 61.9 Å². The summed E-state index contributed by atoms with van der Waals surface area (Å²) in [6.07, 6.45) is 2.37. The molecule has 0 bridgehead atoms. The van der Waals surface area contributed by atoms with Gasteiger partial charge in [0.05, 0.1) is 6.04 Å². The van der Waals surface area contributed by atoms with Gasteiger partial charge in [0, 0.05) is 5.54 Å². The van der Waals surface area contributed by atoms with Crippen molar-refractivity contribution >= 4 is 5.84 Å². The molecule has 4 heteroatoms. The Bertz CT molecular complexity index is 213. The number of nitrogens with two attached hydrogens (primary N) is 1. The highest BCUT2D eigenvalue weighted by Gasteiger charge is 2.36. The number of amidine groups is 1. The van der Waals surface area contributed by atoms with Crippen LogP contribution in [0.1, 0.15) is 33.6 Å². The molecule has 1 rings (SSSR count). The van der Waals surface area contributed by atoms with Gasteiger partial charge >= 0.3 is 0 Å². The Hall–Kier alpha value is -0.770. The molecule has 13 heavy (non-hydrogen) atoms. The van der Waals surface area contributed by atoms with Crippen LogP contribution in [0, 0.1) is 0 Å². The van der Waals surface area contributed by atoms with Crippen molar-refractivity contribution in [3.63, 3.8) is 0 Å². The molecular weight excluding hydrogens is 166 g/mol. The number of hydrogen-bond acceptors (Lipinski definition) is 3. The fourth-order valence-corrected chi connectivity index (χ4v) is 2.09. The zero-order chi connectivity index (χ0) is 10.1. The van der Waals surface area contributed by atoms with E-state index in [2.05, 4.69) is 23.9 Å². The SMILES string of the molecule is CC(C(N)=NO)N1CCCC1(C)C. The molecule has 0 aliphatic carbocycles. The molecule has 1 aliphatic heterocycles. The van der Waals surface area contributed by atoms with E-state index in [-0.39, 0.29) is 11.6 Å². The van der Waals surface area contributed by atoms with E-state index in [4.69, 9.17) is 10.9 Å². The molecule has 0 aromatic rings. The Balaban J connectivity index is 2.72. The molecule has 1 atom stereocenters. The molecule has 0 aromatic carbocycles. The maximum atomic E-state index is 8.57. The Morgan fingerprint density at radius 2 is 2.23 bits per heavy atom. The van der Waals surface area contributed by atoms with Crippen LogP contribution in [-0.2, 0) is 0 Å². The number of likely N-dealkylation sites (tertiary alicyclic amines) is 1. The van der Waals surface area contributed by atoms with Crippen LogP contribution in [0.2, 0.25) is 0 Å². The average molecular weight is 185 g/mol. The van der Waals surface area contributed by atoms with E-state index >= 15 is 0 Å². The van der Waals surface area contributed by atoms with E-state index in [9.17, 15) is 0 Å². The molecule has 1 saturated heterocycles. The van der Waals surface area contributed by atoms with Crippen molar-refractivity contribution in [2.75, 3.05) is 6.54 Å². The second-order valence-corrected chi connectivity index (χ2v) is 4.31. The lowest BCUT2D eigenvalue weighted by molar-refractivity contribution is 0.154. The maximum absolute atomic E-state index is 8.57.